The molecule has 2 atom stereocenters. The molecule has 49 heavy (non-hydrogen) atoms. The van der Waals surface area contributed by atoms with Gasteiger partial charge in [-0.05, 0) is 85.6 Å². The number of hydrogen-bond donors (Lipinski definition) is 0. The molecule has 5 aromatic rings. The Morgan fingerprint density at radius 1 is 0.633 bits per heavy atom. The summed E-state index contributed by atoms with van der Waals surface area (Å²) < 4.78 is 36.1. The molecule has 2 heterocycles. The fraction of sp³-hybridized carbons (Fsp3) is 0.308. The van der Waals surface area contributed by atoms with Gasteiger partial charge in [-0.25, -0.2) is 4.98 Å². The van der Waals surface area contributed by atoms with E-state index >= 15 is 0 Å². The number of rotatable bonds is 13. The fourth-order valence-electron chi connectivity index (χ4n) is 5.95. The molecule has 0 spiro atoms. The minimum absolute atomic E-state index is 0.0547. The summed E-state index contributed by atoms with van der Waals surface area (Å²) in [6, 6.07) is 26.2. The highest BCUT2D eigenvalue weighted by molar-refractivity contribution is 7.21. The van der Waals surface area contributed by atoms with Crippen molar-refractivity contribution in [3.8, 4) is 45.1 Å². The Hall–Kier alpha value is -4.77. The maximum Gasteiger partial charge on any atom is 0.203 e. The largest absolute Gasteiger partial charge is 0.493 e. The molecule has 6 rings (SSSR count). The lowest BCUT2D eigenvalue weighted by molar-refractivity contribution is -0.0399. The Morgan fingerprint density at radius 3 is 1.84 bits per heavy atom. The molecule has 1 fully saturated rings. The standard InChI is InChI=1S/C39H43N3O6S/c1-26(47-31-16-14-30(15-17-31)39-40-32-9-7-8-10-37(32)49-39)41-19-21-42(22-20-41)27(2)48-34-23-28(13-18-33(34)43-3)11-12-29-24-35(44-4)38(46-6)36(25-29)45-5/h7-18,23-27H,19-22H2,1-6H3. The lowest BCUT2D eigenvalue weighted by atomic mass is 10.1. The van der Waals surface area contributed by atoms with Crippen LogP contribution in [0, 0.1) is 0 Å². The summed E-state index contributed by atoms with van der Waals surface area (Å²) in [5.74, 6) is 3.99. The van der Waals surface area contributed by atoms with Crippen LogP contribution in [0.3, 0.4) is 0 Å². The van der Waals surface area contributed by atoms with Gasteiger partial charge < -0.3 is 28.4 Å². The lowest BCUT2D eigenvalue weighted by Gasteiger charge is -2.40. The minimum Gasteiger partial charge on any atom is -0.493 e. The van der Waals surface area contributed by atoms with Crippen LogP contribution in [-0.2, 0) is 0 Å². The number of fused-ring (bicyclic) bond motifs is 1. The van der Waals surface area contributed by atoms with Crippen LogP contribution in [-0.4, -0.2) is 81.9 Å². The predicted octanol–water partition coefficient (Wildman–Crippen LogP) is 7.94. The molecule has 4 aromatic carbocycles. The van der Waals surface area contributed by atoms with Gasteiger partial charge in [-0.3, -0.25) is 9.80 Å². The van der Waals surface area contributed by atoms with Crippen LogP contribution in [0.4, 0.5) is 0 Å². The van der Waals surface area contributed by atoms with Crippen LogP contribution < -0.4 is 28.4 Å². The first-order valence-electron chi connectivity index (χ1n) is 16.3. The molecular formula is C39H43N3O6S. The van der Waals surface area contributed by atoms with Crippen LogP contribution in [0.2, 0.25) is 0 Å². The van der Waals surface area contributed by atoms with Gasteiger partial charge in [0.15, 0.2) is 23.0 Å². The molecular weight excluding hydrogens is 639 g/mol. The van der Waals surface area contributed by atoms with Gasteiger partial charge in [0, 0.05) is 31.7 Å². The monoisotopic (exact) mass is 681 g/mol. The quantitative estimate of drug-likeness (QED) is 0.115. The summed E-state index contributed by atoms with van der Waals surface area (Å²) >= 11 is 1.71. The van der Waals surface area contributed by atoms with E-state index in [0.29, 0.717) is 28.7 Å². The third kappa shape index (κ3) is 7.94. The average Bonchev–Trinajstić information content (AvgIpc) is 3.58. The van der Waals surface area contributed by atoms with Crippen molar-refractivity contribution < 1.29 is 28.4 Å². The first-order valence-corrected chi connectivity index (χ1v) is 17.1. The number of piperazine rings is 1. The van der Waals surface area contributed by atoms with Gasteiger partial charge in [0.25, 0.3) is 0 Å². The van der Waals surface area contributed by atoms with E-state index in [9.17, 15) is 0 Å². The van der Waals surface area contributed by atoms with Crippen molar-refractivity contribution >= 4 is 33.7 Å². The molecule has 1 aliphatic heterocycles. The van der Waals surface area contributed by atoms with Gasteiger partial charge in [0.2, 0.25) is 5.75 Å². The summed E-state index contributed by atoms with van der Waals surface area (Å²) in [4.78, 5) is 9.48. The molecule has 2 unspecified atom stereocenters. The van der Waals surface area contributed by atoms with E-state index in [0.717, 1.165) is 59.1 Å². The van der Waals surface area contributed by atoms with Crippen molar-refractivity contribution in [1.82, 2.24) is 14.8 Å². The van der Waals surface area contributed by atoms with E-state index in [-0.39, 0.29) is 12.5 Å². The number of hydrogen-bond acceptors (Lipinski definition) is 10. The van der Waals surface area contributed by atoms with Crippen LogP contribution in [0.1, 0.15) is 25.0 Å². The molecule has 256 valence electrons. The summed E-state index contributed by atoms with van der Waals surface area (Å²) in [7, 11) is 6.47. The second-order valence-electron chi connectivity index (χ2n) is 11.7. The number of ether oxygens (including phenoxy) is 6. The molecule has 1 saturated heterocycles. The SMILES string of the molecule is COc1ccc(C=Cc2cc(OC)c(OC)c(OC)c2)cc1OC(C)N1CCN(C(C)Oc2ccc(-c3nc4ccccc4s3)cc2)CC1. The van der Waals surface area contributed by atoms with Crippen molar-refractivity contribution in [1.29, 1.82) is 0 Å². The molecule has 0 bridgehead atoms. The van der Waals surface area contributed by atoms with Crippen molar-refractivity contribution in [2.45, 2.75) is 26.3 Å². The lowest BCUT2D eigenvalue weighted by Crippen LogP contribution is -2.54. The zero-order valence-corrected chi connectivity index (χ0v) is 29.7. The molecule has 0 N–H and O–H groups in total. The van der Waals surface area contributed by atoms with Crippen LogP contribution in [0.15, 0.2) is 78.9 Å². The number of para-hydroxylation sites is 1. The normalized spacial score (nSPS) is 15.2. The van der Waals surface area contributed by atoms with E-state index < -0.39 is 0 Å². The van der Waals surface area contributed by atoms with E-state index in [1.165, 1.54) is 4.70 Å². The van der Waals surface area contributed by atoms with Crippen molar-refractivity contribution in [2.75, 3.05) is 54.6 Å². The van der Waals surface area contributed by atoms with Crippen LogP contribution in [0.25, 0.3) is 32.9 Å². The number of thiazole rings is 1. The Bertz CT molecular complexity index is 1830. The highest BCUT2D eigenvalue weighted by Gasteiger charge is 2.26. The first-order chi connectivity index (χ1) is 23.9. The predicted molar refractivity (Wildman–Crippen MR) is 196 cm³/mol. The zero-order chi connectivity index (χ0) is 34.3. The van der Waals surface area contributed by atoms with Gasteiger partial charge >= 0.3 is 0 Å². The van der Waals surface area contributed by atoms with Gasteiger partial charge in [-0.2, -0.15) is 0 Å². The average molecular weight is 682 g/mol. The van der Waals surface area contributed by atoms with Crippen molar-refractivity contribution in [2.24, 2.45) is 0 Å². The number of aromatic nitrogens is 1. The smallest absolute Gasteiger partial charge is 0.203 e. The zero-order valence-electron chi connectivity index (χ0n) is 28.8. The molecule has 0 amide bonds. The number of nitrogens with zero attached hydrogens (tertiary/aromatic N) is 3. The highest BCUT2D eigenvalue weighted by Crippen LogP contribution is 2.39. The molecule has 10 heteroatoms. The molecule has 0 saturated carbocycles. The molecule has 1 aliphatic rings. The Kier molecular flexibility index (Phi) is 10.9. The number of benzene rings is 4. The summed E-state index contributed by atoms with van der Waals surface area (Å²) in [5.41, 5.74) is 4.02. The van der Waals surface area contributed by atoms with E-state index in [1.807, 2.05) is 66.7 Å². The van der Waals surface area contributed by atoms with E-state index in [4.69, 9.17) is 33.4 Å². The molecule has 9 nitrogen and oxygen atoms in total. The third-order valence-corrected chi connectivity index (χ3v) is 9.81. The van der Waals surface area contributed by atoms with Gasteiger partial charge in [0.05, 0.1) is 38.7 Å². The second kappa shape index (κ2) is 15.6. The minimum atomic E-state index is -0.142. The topological polar surface area (TPSA) is 74.8 Å². The number of methoxy groups -OCH3 is 4. The van der Waals surface area contributed by atoms with Crippen molar-refractivity contribution in [3.05, 3.63) is 90.0 Å². The molecule has 0 radical (unpaired) electrons. The van der Waals surface area contributed by atoms with Gasteiger partial charge in [0.1, 0.15) is 23.2 Å². The summed E-state index contributed by atoms with van der Waals surface area (Å²) in [6.07, 6.45) is 3.82. The molecule has 0 aliphatic carbocycles. The van der Waals surface area contributed by atoms with Crippen LogP contribution >= 0.6 is 11.3 Å². The molecule has 1 aromatic heterocycles. The van der Waals surface area contributed by atoms with Crippen LogP contribution in [0.5, 0.6) is 34.5 Å². The first kappa shape index (κ1) is 34.1. The summed E-state index contributed by atoms with van der Waals surface area (Å²) in [5, 5.41) is 1.02. The maximum atomic E-state index is 6.49. The van der Waals surface area contributed by atoms with E-state index in [1.54, 1.807) is 39.8 Å². The van der Waals surface area contributed by atoms with E-state index in [2.05, 4.69) is 47.9 Å². The second-order valence-corrected chi connectivity index (χ2v) is 12.8. The maximum absolute atomic E-state index is 6.49. The third-order valence-electron chi connectivity index (χ3n) is 8.72. The highest BCUT2D eigenvalue weighted by atomic mass is 32.1. The Balaban J connectivity index is 1.04. The summed E-state index contributed by atoms with van der Waals surface area (Å²) in [6.45, 7) is 7.64. The van der Waals surface area contributed by atoms with Crippen molar-refractivity contribution in [3.63, 3.8) is 0 Å². The van der Waals surface area contributed by atoms with Gasteiger partial charge in [-0.1, -0.05) is 30.4 Å². The fourth-order valence-corrected chi connectivity index (χ4v) is 6.92. The Morgan fingerprint density at radius 2 is 1.22 bits per heavy atom. The Labute approximate surface area is 292 Å². The van der Waals surface area contributed by atoms with Gasteiger partial charge in [-0.15, -0.1) is 11.3 Å².